The average Bonchev–Trinajstić information content (AvgIpc) is 3.97. The van der Waals surface area contributed by atoms with Crippen molar-refractivity contribution in [3.63, 3.8) is 0 Å². The third kappa shape index (κ3) is 9.89. The van der Waals surface area contributed by atoms with Crippen LogP contribution in [0.3, 0.4) is 0 Å². The number of piperazine rings is 1. The number of carboxylic acids is 1. The molecule has 3 amide bonds. The number of hydrogen-bond donors (Lipinski definition) is 3. The van der Waals surface area contributed by atoms with Gasteiger partial charge in [0.15, 0.2) is 10.8 Å². The number of aromatic nitrogens is 4. The van der Waals surface area contributed by atoms with Crippen LogP contribution in [0.15, 0.2) is 91.0 Å². The summed E-state index contributed by atoms with van der Waals surface area (Å²) in [5, 5.41) is 22.3. The van der Waals surface area contributed by atoms with Gasteiger partial charge in [0, 0.05) is 74.9 Å². The molecule has 0 unspecified atom stereocenters. The number of carbonyl (C=O) groups excluding carboxylic acids is 3. The molecule has 1 saturated carbocycles. The number of nitrogens with zero attached hydrogens (tertiary/aromatic N) is 7. The van der Waals surface area contributed by atoms with Crippen molar-refractivity contribution in [2.75, 3.05) is 54.4 Å². The first-order chi connectivity index (χ1) is 35.4. The Kier molecular flexibility index (Phi) is 13.4. The Hall–Kier alpha value is -7.17. The summed E-state index contributed by atoms with van der Waals surface area (Å²) >= 11 is 1.44. The summed E-state index contributed by atoms with van der Waals surface area (Å²) in [4.78, 5) is 67.4. The molecule has 73 heavy (non-hydrogen) atoms. The zero-order valence-electron chi connectivity index (χ0n) is 41.6. The van der Waals surface area contributed by atoms with Crippen LogP contribution >= 0.6 is 11.3 Å². The Bertz CT molecular complexity index is 3230. The van der Waals surface area contributed by atoms with Crippen molar-refractivity contribution in [1.29, 1.82) is 0 Å². The quantitative estimate of drug-likeness (QED) is 0.0936. The van der Waals surface area contributed by atoms with E-state index < -0.39 is 11.9 Å². The first-order valence-electron chi connectivity index (χ1n) is 25.8. The second-order valence-corrected chi connectivity index (χ2v) is 21.3. The van der Waals surface area contributed by atoms with E-state index in [4.69, 9.17) is 14.8 Å². The molecular weight excluding hydrogens is 939 g/mol. The number of pyridine rings is 1. The number of nitrogens with one attached hydrogen (secondary N) is 2. The Morgan fingerprint density at radius 3 is 2.47 bits per heavy atom. The maximum atomic E-state index is 13.7. The van der Waals surface area contributed by atoms with Gasteiger partial charge in [0.1, 0.15) is 11.6 Å². The monoisotopic (exact) mass is 999 g/mol. The molecule has 3 aromatic heterocycles. The van der Waals surface area contributed by atoms with Crippen LogP contribution in [0.25, 0.3) is 32.2 Å². The number of ether oxygens (including phenoxy) is 1. The van der Waals surface area contributed by atoms with Crippen LogP contribution in [0.5, 0.6) is 5.75 Å². The standard InChI is InChI=1S/C57H61N9O6S/c1-34(24-26-64-28-30-65(31-29-64)38-16-19-43-47(32-38)63(3)62-52(43)44-21-23-51(67)60-55(44)69)36-14-17-39(18-15-36)72-48-12-7-9-40(35(48)2)41-20-22-50(59-53(41)56(70)71)66-27-25-37-8-6-10-42(45(37)33-66)54(68)61-57-58-46-11-4-5-13-49(46)73-57/h4-13,16,19-20,22,32,34,36,39,44H,14-15,17-18,21,23-31,33H2,1-3H3,(H,70,71)(H,58,61,68)(H,60,67,69)/t34-,36?,39?,44-/m1/s1. The zero-order valence-corrected chi connectivity index (χ0v) is 42.4. The number of para-hydroxylation sites is 1. The summed E-state index contributed by atoms with van der Waals surface area (Å²) in [6.45, 7) is 10.5. The smallest absolute Gasteiger partial charge is 0.355 e. The van der Waals surface area contributed by atoms with Gasteiger partial charge in [-0.1, -0.05) is 54.7 Å². The summed E-state index contributed by atoms with van der Waals surface area (Å²) in [6.07, 6.45) is 6.95. The highest BCUT2D eigenvalue weighted by Crippen LogP contribution is 2.39. The molecule has 15 nitrogen and oxygen atoms in total. The van der Waals surface area contributed by atoms with Gasteiger partial charge in [0.05, 0.1) is 33.4 Å². The Morgan fingerprint density at radius 1 is 0.863 bits per heavy atom. The number of rotatable bonds is 13. The van der Waals surface area contributed by atoms with Gasteiger partial charge in [-0.15, -0.1) is 0 Å². The van der Waals surface area contributed by atoms with Crippen molar-refractivity contribution in [2.24, 2.45) is 18.9 Å². The first-order valence-corrected chi connectivity index (χ1v) is 26.6. The van der Waals surface area contributed by atoms with Gasteiger partial charge < -0.3 is 19.6 Å². The third-order valence-electron chi connectivity index (χ3n) is 15.9. The molecule has 2 saturated heterocycles. The summed E-state index contributed by atoms with van der Waals surface area (Å²) in [7, 11) is 1.92. The minimum Gasteiger partial charge on any atom is -0.490 e. The van der Waals surface area contributed by atoms with E-state index in [0.717, 1.165) is 125 Å². The number of anilines is 3. The van der Waals surface area contributed by atoms with Gasteiger partial charge in [0.2, 0.25) is 11.8 Å². The molecular formula is C57H61N9O6S. The summed E-state index contributed by atoms with van der Waals surface area (Å²) in [5.41, 5.74) is 8.49. The molecule has 3 aliphatic heterocycles. The molecule has 0 radical (unpaired) electrons. The zero-order chi connectivity index (χ0) is 50.3. The van der Waals surface area contributed by atoms with Crippen molar-refractivity contribution in [3.8, 4) is 16.9 Å². The highest BCUT2D eigenvalue weighted by molar-refractivity contribution is 7.22. The minimum atomic E-state index is -1.10. The van der Waals surface area contributed by atoms with Crippen molar-refractivity contribution in [1.82, 2.24) is 30.0 Å². The number of aromatic carboxylic acids is 1. The van der Waals surface area contributed by atoms with Crippen molar-refractivity contribution >= 4 is 72.8 Å². The van der Waals surface area contributed by atoms with E-state index in [9.17, 15) is 24.3 Å². The topological polar surface area (TPSA) is 175 Å². The van der Waals surface area contributed by atoms with E-state index in [1.807, 2.05) is 91.4 Å². The molecule has 3 fully saturated rings. The lowest BCUT2D eigenvalue weighted by Gasteiger charge is -2.37. The third-order valence-corrected chi connectivity index (χ3v) is 16.9. The Morgan fingerprint density at radius 2 is 1.67 bits per heavy atom. The fraction of sp³-hybridized carbons (Fsp3) is 0.386. The fourth-order valence-electron chi connectivity index (χ4n) is 11.6. The summed E-state index contributed by atoms with van der Waals surface area (Å²) in [5.74, 6) is 0.356. The maximum Gasteiger partial charge on any atom is 0.355 e. The molecule has 1 aliphatic carbocycles. The molecule has 4 aromatic carbocycles. The second-order valence-electron chi connectivity index (χ2n) is 20.3. The van der Waals surface area contributed by atoms with Gasteiger partial charge in [-0.25, -0.2) is 14.8 Å². The van der Waals surface area contributed by atoms with Crippen LogP contribution in [0.1, 0.15) is 101 Å². The van der Waals surface area contributed by atoms with Crippen LogP contribution in [0.2, 0.25) is 0 Å². The summed E-state index contributed by atoms with van der Waals surface area (Å²) < 4.78 is 9.58. The van der Waals surface area contributed by atoms with Crippen molar-refractivity contribution in [3.05, 3.63) is 125 Å². The lowest BCUT2D eigenvalue weighted by molar-refractivity contribution is -0.134. The minimum absolute atomic E-state index is 0.0205. The molecule has 11 rings (SSSR count). The molecule has 6 heterocycles. The van der Waals surface area contributed by atoms with E-state index >= 15 is 0 Å². The summed E-state index contributed by atoms with van der Waals surface area (Å²) in [6, 6.07) is 29.6. The van der Waals surface area contributed by atoms with Crippen LogP contribution in [-0.2, 0) is 29.6 Å². The van der Waals surface area contributed by atoms with Crippen molar-refractivity contribution < 1.29 is 29.0 Å². The number of benzene rings is 4. The van der Waals surface area contributed by atoms with E-state index in [1.165, 1.54) is 11.3 Å². The molecule has 7 aromatic rings. The molecule has 0 bridgehead atoms. The number of imide groups is 1. The highest BCUT2D eigenvalue weighted by Gasteiger charge is 2.33. The average molecular weight is 1000 g/mol. The largest absolute Gasteiger partial charge is 0.490 e. The predicted octanol–water partition coefficient (Wildman–Crippen LogP) is 9.37. The van der Waals surface area contributed by atoms with Gasteiger partial charge in [-0.3, -0.25) is 34.6 Å². The fourth-order valence-corrected chi connectivity index (χ4v) is 12.5. The molecule has 4 aliphatic rings. The second kappa shape index (κ2) is 20.4. The predicted molar refractivity (Wildman–Crippen MR) is 285 cm³/mol. The van der Waals surface area contributed by atoms with Crippen LogP contribution in [0.4, 0.5) is 16.6 Å². The lowest BCUT2D eigenvalue weighted by Crippen LogP contribution is -2.47. The van der Waals surface area contributed by atoms with Crippen LogP contribution < -0.4 is 25.2 Å². The van der Waals surface area contributed by atoms with E-state index in [2.05, 4.69) is 55.4 Å². The molecule has 376 valence electrons. The Balaban J connectivity index is 0.673. The number of aryl methyl sites for hydroxylation is 1. The normalized spacial score (nSPS) is 20.0. The van der Waals surface area contributed by atoms with Crippen LogP contribution in [0, 0.1) is 18.8 Å². The van der Waals surface area contributed by atoms with Crippen molar-refractivity contribution in [2.45, 2.75) is 83.8 Å². The number of piperidine rings is 1. The van der Waals surface area contributed by atoms with Gasteiger partial charge in [-0.05, 0) is 147 Å². The lowest BCUT2D eigenvalue weighted by atomic mass is 9.78. The number of amides is 3. The van der Waals surface area contributed by atoms with Crippen LogP contribution in [-0.4, -0.2) is 98.8 Å². The first kappa shape index (κ1) is 48.1. The number of carbonyl (C=O) groups is 4. The van der Waals surface area contributed by atoms with E-state index in [0.29, 0.717) is 66.3 Å². The van der Waals surface area contributed by atoms with E-state index in [1.54, 1.807) is 0 Å². The molecule has 3 N–H and O–H groups in total. The molecule has 0 spiro atoms. The van der Waals surface area contributed by atoms with Gasteiger partial charge in [0.25, 0.3) is 5.91 Å². The molecule has 16 heteroatoms. The van der Waals surface area contributed by atoms with Gasteiger partial charge in [-0.2, -0.15) is 5.10 Å². The van der Waals surface area contributed by atoms with E-state index in [-0.39, 0.29) is 29.5 Å². The Labute approximate surface area is 428 Å². The maximum absolute atomic E-state index is 13.7. The SMILES string of the molecule is Cc1c(OC2CCC([C@H](C)CCN3CCN(c4ccc5c([C@H]6CCC(=O)NC6=O)nn(C)c5c4)CC3)CC2)cccc1-c1ccc(N2CCc3cccc(C(=O)Nc4nc5ccccc5s4)c3C2)nc1C(=O)O. The van der Waals surface area contributed by atoms with Gasteiger partial charge >= 0.3 is 5.97 Å². The number of fused-ring (bicyclic) bond motifs is 3. The molecule has 2 atom stereocenters. The number of hydrogen-bond acceptors (Lipinski definition) is 12. The highest BCUT2D eigenvalue weighted by atomic mass is 32.1. The number of carboxylic acid groups (broad SMARTS) is 1. The number of thiazole rings is 1.